The third kappa shape index (κ3) is 6.10. The first kappa shape index (κ1) is 11.4. The van der Waals surface area contributed by atoms with Crippen LogP contribution >= 0.6 is 0 Å². The molecule has 70 valence electrons. The van der Waals surface area contributed by atoms with Crippen molar-refractivity contribution < 1.29 is 9.47 Å². The standard InChI is InChI=1S/C8H16N2O2/c1-11-7-5-10(4-3-9)6-8-12-2/h4-8H2,1-2H3. The zero-order chi connectivity index (χ0) is 9.23. The first-order chi connectivity index (χ1) is 5.85. The molecular weight excluding hydrogens is 156 g/mol. The molecule has 0 heterocycles. The van der Waals surface area contributed by atoms with E-state index >= 15 is 0 Å². The van der Waals surface area contributed by atoms with E-state index in [4.69, 9.17) is 14.7 Å². The van der Waals surface area contributed by atoms with Gasteiger partial charge in [-0.1, -0.05) is 0 Å². The molecule has 0 aliphatic carbocycles. The molecular formula is C8H16N2O2. The second-order valence-electron chi connectivity index (χ2n) is 2.42. The Morgan fingerprint density at radius 1 is 1.17 bits per heavy atom. The maximum Gasteiger partial charge on any atom is 0.0867 e. The minimum atomic E-state index is 0.437. The summed E-state index contributed by atoms with van der Waals surface area (Å²) in [4.78, 5) is 1.99. The number of rotatable bonds is 7. The second-order valence-corrected chi connectivity index (χ2v) is 2.42. The van der Waals surface area contributed by atoms with E-state index in [1.165, 1.54) is 0 Å². The molecule has 0 atom stereocenters. The van der Waals surface area contributed by atoms with E-state index in [-0.39, 0.29) is 0 Å². The van der Waals surface area contributed by atoms with Crippen LogP contribution in [0.15, 0.2) is 0 Å². The Labute approximate surface area is 73.7 Å². The average Bonchev–Trinajstić information content (AvgIpc) is 2.10. The number of hydrogen-bond acceptors (Lipinski definition) is 4. The van der Waals surface area contributed by atoms with Crippen LogP contribution < -0.4 is 0 Å². The average molecular weight is 172 g/mol. The first-order valence-electron chi connectivity index (χ1n) is 3.92. The van der Waals surface area contributed by atoms with Gasteiger partial charge in [0.2, 0.25) is 0 Å². The van der Waals surface area contributed by atoms with Crippen LogP contribution in [0.25, 0.3) is 0 Å². The summed E-state index contributed by atoms with van der Waals surface area (Å²) in [7, 11) is 3.31. The fourth-order valence-corrected chi connectivity index (χ4v) is 0.811. The number of nitriles is 1. The van der Waals surface area contributed by atoms with E-state index in [0.717, 1.165) is 13.1 Å². The minimum Gasteiger partial charge on any atom is -0.383 e. The van der Waals surface area contributed by atoms with Gasteiger partial charge in [0.1, 0.15) is 0 Å². The van der Waals surface area contributed by atoms with Crippen molar-refractivity contribution in [3.8, 4) is 6.07 Å². The van der Waals surface area contributed by atoms with Gasteiger partial charge < -0.3 is 9.47 Å². The van der Waals surface area contributed by atoms with Gasteiger partial charge in [0.25, 0.3) is 0 Å². The summed E-state index contributed by atoms with van der Waals surface area (Å²) < 4.78 is 9.81. The molecule has 4 nitrogen and oxygen atoms in total. The lowest BCUT2D eigenvalue weighted by atomic mass is 10.5. The normalized spacial score (nSPS) is 10.2. The highest BCUT2D eigenvalue weighted by Gasteiger charge is 2.01. The maximum atomic E-state index is 8.46. The predicted molar refractivity (Wildman–Crippen MR) is 45.8 cm³/mol. The predicted octanol–water partition coefficient (Wildman–Crippen LogP) is 0.105. The van der Waals surface area contributed by atoms with Gasteiger partial charge in [-0.3, -0.25) is 4.90 Å². The van der Waals surface area contributed by atoms with Gasteiger partial charge in [-0.05, 0) is 0 Å². The molecule has 0 radical (unpaired) electrons. The van der Waals surface area contributed by atoms with Crippen LogP contribution in [0, 0.1) is 11.3 Å². The molecule has 0 N–H and O–H groups in total. The Morgan fingerprint density at radius 2 is 1.67 bits per heavy atom. The molecule has 12 heavy (non-hydrogen) atoms. The molecule has 4 heteroatoms. The minimum absolute atomic E-state index is 0.437. The molecule has 0 aromatic heterocycles. The summed E-state index contributed by atoms with van der Waals surface area (Å²) in [6.07, 6.45) is 0. The van der Waals surface area contributed by atoms with Crippen LogP contribution in [0.3, 0.4) is 0 Å². The Balaban J connectivity index is 3.48. The molecule has 0 saturated heterocycles. The van der Waals surface area contributed by atoms with Crippen LogP contribution in [-0.4, -0.2) is 52.0 Å². The van der Waals surface area contributed by atoms with E-state index in [1.807, 2.05) is 4.90 Å². The molecule has 0 aliphatic heterocycles. The van der Waals surface area contributed by atoms with Gasteiger partial charge >= 0.3 is 0 Å². The van der Waals surface area contributed by atoms with Crippen molar-refractivity contribution in [1.82, 2.24) is 4.90 Å². The van der Waals surface area contributed by atoms with E-state index in [2.05, 4.69) is 6.07 Å². The molecule has 0 saturated carbocycles. The van der Waals surface area contributed by atoms with Gasteiger partial charge in [0.05, 0.1) is 25.8 Å². The SMILES string of the molecule is COCCN(CC#N)CCOC. The molecule has 0 rings (SSSR count). The fraction of sp³-hybridized carbons (Fsp3) is 0.875. The topological polar surface area (TPSA) is 45.5 Å². The summed E-state index contributed by atoms with van der Waals surface area (Å²) in [6, 6.07) is 2.10. The molecule has 0 spiro atoms. The van der Waals surface area contributed by atoms with E-state index in [0.29, 0.717) is 19.8 Å². The van der Waals surface area contributed by atoms with E-state index in [9.17, 15) is 0 Å². The number of nitrogens with zero attached hydrogens (tertiary/aromatic N) is 2. The molecule has 0 fully saturated rings. The lowest BCUT2D eigenvalue weighted by Crippen LogP contribution is -2.31. The summed E-state index contributed by atoms with van der Waals surface area (Å²) in [5.41, 5.74) is 0. The van der Waals surface area contributed by atoms with Gasteiger partial charge in [-0.25, -0.2) is 0 Å². The molecule has 0 aromatic rings. The molecule has 0 aromatic carbocycles. The van der Waals surface area contributed by atoms with Gasteiger partial charge in [0.15, 0.2) is 0 Å². The van der Waals surface area contributed by atoms with Crippen LogP contribution in [0.5, 0.6) is 0 Å². The summed E-state index contributed by atoms with van der Waals surface area (Å²) in [5, 5.41) is 8.46. The van der Waals surface area contributed by atoms with Crippen molar-refractivity contribution in [2.45, 2.75) is 0 Å². The smallest absolute Gasteiger partial charge is 0.0867 e. The zero-order valence-electron chi connectivity index (χ0n) is 7.75. The third-order valence-corrected chi connectivity index (χ3v) is 1.52. The third-order valence-electron chi connectivity index (χ3n) is 1.52. The zero-order valence-corrected chi connectivity index (χ0v) is 7.75. The van der Waals surface area contributed by atoms with Crippen LogP contribution in [-0.2, 0) is 9.47 Å². The Hall–Kier alpha value is -0.630. The lowest BCUT2D eigenvalue weighted by molar-refractivity contribution is 0.122. The highest BCUT2D eigenvalue weighted by molar-refractivity contribution is 4.76. The van der Waals surface area contributed by atoms with Crippen molar-refractivity contribution in [3.63, 3.8) is 0 Å². The monoisotopic (exact) mass is 172 g/mol. The Kier molecular flexibility index (Phi) is 8.02. The van der Waals surface area contributed by atoms with Crippen molar-refractivity contribution in [2.75, 3.05) is 47.1 Å². The van der Waals surface area contributed by atoms with Crippen molar-refractivity contribution >= 4 is 0 Å². The first-order valence-corrected chi connectivity index (χ1v) is 3.92. The highest BCUT2D eigenvalue weighted by atomic mass is 16.5. The van der Waals surface area contributed by atoms with Crippen molar-refractivity contribution in [2.24, 2.45) is 0 Å². The van der Waals surface area contributed by atoms with E-state index in [1.54, 1.807) is 14.2 Å². The van der Waals surface area contributed by atoms with Crippen molar-refractivity contribution in [1.29, 1.82) is 5.26 Å². The molecule has 0 amide bonds. The largest absolute Gasteiger partial charge is 0.383 e. The maximum absolute atomic E-state index is 8.46. The highest BCUT2D eigenvalue weighted by Crippen LogP contribution is 1.87. The molecule has 0 bridgehead atoms. The fourth-order valence-electron chi connectivity index (χ4n) is 0.811. The molecule has 0 unspecified atom stereocenters. The van der Waals surface area contributed by atoms with Gasteiger partial charge in [0, 0.05) is 27.3 Å². The van der Waals surface area contributed by atoms with Crippen LogP contribution in [0.4, 0.5) is 0 Å². The van der Waals surface area contributed by atoms with Crippen molar-refractivity contribution in [3.05, 3.63) is 0 Å². The lowest BCUT2D eigenvalue weighted by Gasteiger charge is -2.17. The van der Waals surface area contributed by atoms with E-state index < -0.39 is 0 Å². The van der Waals surface area contributed by atoms with Gasteiger partial charge in [-0.2, -0.15) is 5.26 Å². The Morgan fingerprint density at radius 3 is 2.00 bits per heavy atom. The van der Waals surface area contributed by atoms with Crippen LogP contribution in [0.2, 0.25) is 0 Å². The number of hydrogen-bond donors (Lipinski definition) is 0. The summed E-state index contributed by atoms with van der Waals surface area (Å²) in [5.74, 6) is 0. The summed E-state index contributed by atoms with van der Waals surface area (Å²) >= 11 is 0. The number of methoxy groups -OCH3 is 2. The van der Waals surface area contributed by atoms with Gasteiger partial charge in [-0.15, -0.1) is 0 Å². The quantitative estimate of drug-likeness (QED) is 0.511. The van der Waals surface area contributed by atoms with Crippen LogP contribution in [0.1, 0.15) is 0 Å². The molecule has 0 aliphatic rings. The Bertz CT molecular complexity index is 126. The second kappa shape index (κ2) is 8.47. The number of ether oxygens (including phenoxy) is 2. The summed E-state index contributed by atoms with van der Waals surface area (Å²) in [6.45, 7) is 3.32.